The third-order valence-electron chi connectivity index (χ3n) is 1.46. The van der Waals surface area contributed by atoms with E-state index in [1.807, 2.05) is 0 Å². The molecule has 0 saturated heterocycles. The molecule has 0 amide bonds. The summed E-state index contributed by atoms with van der Waals surface area (Å²) in [6, 6.07) is -1.06. The van der Waals surface area contributed by atoms with Gasteiger partial charge in [-0.3, -0.25) is 9.59 Å². The zero-order chi connectivity index (χ0) is 13.7. The van der Waals surface area contributed by atoms with Gasteiger partial charge < -0.3 is 30.9 Å². The molecule has 0 radical (unpaired) electrons. The molecule has 102 valence electrons. The van der Waals surface area contributed by atoms with Crippen LogP contribution >= 0.6 is 0 Å². The van der Waals surface area contributed by atoms with Gasteiger partial charge in [0.05, 0.1) is 26.4 Å². The monoisotopic (exact) mass is 253 g/mol. The number of carboxylic acid groups (broad SMARTS) is 2. The summed E-state index contributed by atoms with van der Waals surface area (Å²) < 4.78 is 4.63. The molecule has 0 aromatic carbocycles. The zero-order valence-corrected chi connectivity index (χ0v) is 9.41. The zero-order valence-electron chi connectivity index (χ0n) is 9.41. The standard InChI is InChI=1S/C5H9NO4.C4H10O3/c6-3(5(9)10)1-2-4(7)8;5-1-3-7-4-2-6/h3H,1-2,6H2,(H,7,8)(H,9,10);5-6H,1-4H2. The normalized spacial score (nSPS) is 11.2. The lowest BCUT2D eigenvalue weighted by Crippen LogP contribution is -2.30. The molecule has 1 atom stereocenters. The fraction of sp³-hybridized carbons (Fsp3) is 0.778. The van der Waals surface area contributed by atoms with Crippen molar-refractivity contribution in [3.8, 4) is 0 Å². The van der Waals surface area contributed by atoms with Crippen LogP contribution in [0.15, 0.2) is 0 Å². The van der Waals surface area contributed by atoms with Gasteiger partial charge in [0, 0.05) is 6.42 Å². The van der Waals surface area contributed by atoms with Gasteiger partial charge >= 0.3 is 11.9 Å². The topological polar surface area (TPSA) is 150 Å². The summed E-state index contributed by atoms with van der Waals surface area (Å²) in [4.78, 5) is 19.9. The van der Waals surface area contributed by atoms with E-state index >= 15 is 0 Å². The Kier molecular flexibility index (Phi) is 13.7. The molecule has 8 nitrogen and oxygen atoms in total. The Morgan fingerprint density at radius 1 is 1.12 bits per heavy atom. The first-order chi connectivity index (χ1) is 7.95. The number of carbonyl (C=O) groups is 2. The van der Waals surface area contributed by atoms with E-state index in [1.165, 1.54) is 0 Å². The lowest BCUT2D eigenvalue weighted by molar-refractivity contribution is -0.139. The van der Waals surface area contributed by atoms with Crippen molar-refractivity contribution in [3.05, 3.63) is 0 Å². The molecule has 17 heavy (non-hydrogen) atoms. The maximum atomic E-state index is 9.99. The Morgan fingerprint density at radius 2 is 1.59 bits per heavy atom. The first-order valence-corrected chi connectivity index (χ1v) is 4.95. The largest absolute Gasteiger partial charge is 0.481 e. The van der Waals surface area contributed by atoms with E-state index in [4.69, 9.17) is 26.2 Å². The number of aliphatic hydroxyl groups excluding tert-OH is 2. The molecule has 0 rings (SSSR count). The Labute approximate surface area is 98.6 Å². The van der Waals surface area contributed by atoms with Crippen LogP contribution in [0.1, 0.15) is 12.8 Å². The summed E-state index contributed by atoms with van der Waals surface area (Å²) in [6.07, 6.45) is -0.224. The number of rotatable bonds is 8. The lowest BCUT2D eigenvalue weighted by atomic mass is 10.2. The van der Waals surface area contributed by atoms with Gasteiger partial charge in [0.25, 0.3) is 0 Å². The molecule has 0 aliphatic carbocycles. The van der Waals surface area contributed by atoms with E-state index in [0.717, 1.165) is 0 Å². The fourth-order valence-electron chi connectivity index (χ4n) is 0.634. The summed E-state index contributed by atoms with van der Waals surface area (Å²) in [5.74, 6) is -2.20. The number of ether oxygens (including phenoxy) is 1. The lowest BCUT2D eigenvalue weighted by Gasteiger charge is -2.01. The maximum Gasteiger partial charge on any atom is 0.320 e. The van der Waals surface area contributed by atoms with E-state index in [0.29, 0.717) is 13.2 Å². The summed E-state index contributed by atoms with van der Waals surface area (Å²) in [7, 11) is 0. The van der Waals surface area contributed by atoms with Crippen LogP contribution < -0.4 is 5.73 Å². The highest BCUT2D eigenvalue weighted by Gasteiger charge is 2.12. The van der Waals surface area contributed by atoms with E-state index in [1.54, 1.807) is 0 Å². The fourth-order valence-corrected chi connectivity index (χ4v) is 0.634. The van der Waals surface area contributed by atoms with Crippen molar-refractivity contribution in [3.63, 3.8) is 0 Å². The number of aliphatic carboxylic acids is 2. The van der Waals surface area contributed by atoms with Gasteiger partial charge in [-0.1, -0.05) is 0 Å². The second kappa shape index (κ2) is 12.8. The van der Waals surface area contributed by atoms with Gasteiger partial charge in [0.15, 0.2) is 0 Å². The number of hydrogen-bond acceptors (Lipinski definition) is 6. The van der Waals surface area contributed by atoms with Gasteiger partial charge in [0.1, 0.15) is 6.04 Å². The first kappa shape index (κ1) is 18.2. The highest BCUT2D eigenvalue weighted by molar-refractivity contribution is 5.74. The van der Waals surface area contributed by atoms with Crippen molar-refractivity contribution in [1.29, 1.82) is 0 Å². The summed E-state index contributed by atoms with van der Waals surface area (Å²) >= 11 is 0. The van der Waals surface area contributed by atoms with Crippen molar-refractivity contribution in [2.45, 2.75) is 18.9 Å². The quantitative estimate of drug-likeness (QED) is 0.319. The highest BCUT2D eigenvalue weighted by atomic mass is 16.5. The molecule has 0 fully saturated rings. The molecular formula is C9H19NO7. The van der Waals surface area contributed by atoms with Crippen molar-refractivity contribution in [1.82, 2.24) is 0 Å². The molecule has 0 bridgehead atoms. The van der Waals surface area contributed by atoms with Gasteiger partial charge in [-0.05, 0) is 6.42 Å². The van der Waals surface area contributed by atoms with E-state index in [-0.39, 0.29) is 26.1 Å². The third kappa shape index (κ3) is 17.4. The van der Waals surface area contributed by atoms with Crippen LogP contribution in [-0.4, -0.2) is 64.8 Å². The summed E-state index contributed by atoms with van der Waals surface area (Å²) in [5.41, 5.74) is 5.00. The molecule has 1 unspecified atom stereocenters. The smallest absolute Gasteiger partial charge is 0.320 e. The summed E-state index contributed by atoms with van der Waals surface area (Å²) in [5, 5.41) is 32.4. The Bertz CT molecular complexity index is 206. The third-order valence-corrected chi connectivity index (χ3v) is 1.46. The van der Waals surface area contributed by atoms with Crippen molar-refractivity contribution in [2.24, 2.45) is 5.73 Å². The van der Waals surface area contributed by atoms with Gasteiger partial charge in [-0.2, -0.15) is 0 Å². The van der Waals surface area contributed by atoms with Crippen LogP contribution in [0.2, 0.25) is 0 Å². The van der Waals surface area contributed by atoms with Crippen molar-refractivity contribution >= 4 is 11.9 Å². The average Bonchev–Trinajstić information content (AvgIpc) is 2.27. The van der Waals surface area contributed by atoms with Gasteiger partial charge in [0.2, 0.25) is 0 Å². The molecule has 6 N–H and O–H groups in total. The molecule has 0 heterocycles. The second-order valence-corrected chi connectivity index (χ2v) is 2.94. The van der Waals surface area contributed by atoms with Crippen molar-refractivity contribution in [2.75, 3.05) is 26.4 Å². The molecule has 0 aromatic heterocycles. The predicted octanol–water partition coefficient (Wildman–Crippen LogP) is -1.75. The molecule has 8 heteroatoms. The van der Waals surface area contributed by atoms with Crippen LogP contribution in [0.4, 0.5) is 0 Å². The van der Waals surface area contributed by atoms with Gasteiger partial charge in [-0.15, -0.1) is 0 Å². The Morgan fingerprint density at radius 3 is 1.88 bits per heavy atom. The minimum atomic E-state index is -1.17. The Balaban J connectivity index is 0. The average molecular weight is 253 g/mol. The maximum absolute atomic E-state index is 9.99. The SMILES string of the molecule is NC(CCC(=O)O)C(=O)O.OCCOCCO. The number of aliphatic hydroxyl groups is 2. The number of carboxylic acids is 2. The molecule has 0 aromatic rings. The van der Waals surface area contributed by atoms with Crippen LogP contribution in [0.5, 0.6) is 0 Å². The van der Waals surface area contributed by atoms with Crippen LogP contribution in [0, 0.1) is 0 Å². The minimum absolute atomic E-state index is 0.0231. The van der Waals surface area contributed by atoms with E-state index < -0.39 is 18.0 Å². The van der Waals surface area contributed by atoms with E-state index in [9.17, 15) is 9.59 Å². The molecular weight excluding hydrogens is 234 g/mol. The number of nitrogens with two attached hydrogens (primary N) is 1. The molecule has 0 aliphatic rings. The highest BCUT2D eigenvalue weighted by Crippen LogP contribution is 1.93. The van der Waals surface area contributed by atoms with Crippen LogP contribution in [0.25, 0.3) is 0 Å². The predicted molar refractivity (Wildman–Crippen MR) is 57.5 cm³/mol. The van der Waals surface area contributed by atoms with Crippen LogP contribution in [-0.2, 0) is 14.3 Å². The van der Waals surface area contributed by atoms with Gasteiger partial charge in [-0.25, -0.2) is 0 Å². The Hall–Kier alpha value is -1.22. The first-order valence-electron chi connectivity index (χ1n) is 4.95. The van der Waals surface area contributed by atoms with E-state index in [2.05, 4.69) is 4.74 Å². The molecule has 0 spiro atoms. The molecule has 0 saturated carbocycles. The van der Waals surface area contributed by atoms with Crippen LogP contribution in [0.3, 0.4) is 0 Å². The van der Waals surface area contributed by atoms with Crippen molar-refractivity contribution < 1.29 is 34.8 Å². The minimum Gasteiger partial charge on any atom is -0.481 e. The summed E-state index contributed by atoms with van der Waals surface area (Å²) in [6.45, 7) is 0.696. The second-order valence-electron chi connectivity index (χ2n) is 2.94. The molecule has 0 aliphatic heterocycles. The number of hydrogen-bond donors (Lipinski definition) is 5.